The molecule has 2 N–H and O–H groups in total. The fraction of sp³-hybridized carbons (Fsp3) is 0.625. The van der Waals surface area contributed by atoms with E-state index in [2.05, 4.69) is 32.2 Å². The van der Waals surface area contributed by atoms with Crippen molar-refractivity contribution in [1.29, 1.82) is 0 Å². The van der Waals surface area contributed by atoms with Gasteiger partial charge in [-0.2, -0.15) is 0 Å². The van der Waals surface area contributed by atoms with E-state index in [0.717, 1.165) is 17.7 Å². The van der Waals surface area contributed by atoms with Crippen molar-refractivity contribution in [3.05, 3.63) is 29.8 Å². The number of rotatable bonds is 7. The first-order chi connectivity index (χ1) is 9.02. The van der Waals surface area contributed by atoms with Gasteiger partial charge in [0, 0.05) is 18.0 Å². The average Bonchev–Trinajstić information content (AvgIpc) is 3.15. The normalized spacial score (nSPS) is 19.8. The maximum atomic E-state index is 9.61. The SMILES string of the molecule is Cc1ccccc1OC(C)CC(C)(CO)NC1CC1. The van der Waals surface area contributed by atoms with Crippen LogP contribution in [0, 0.1) is 6.92 Å². The summed E-state index contributed by atoms with van der Waals surface area (Å²) >= 11 is 0. The highest BCUT2D eigenvalue weighted by Gasteiger charge is 2.33. The second kappa shape index (κ2) is 5.93. The lowest BCUT2D eigenvalue weighted by molar-refractivity contribution is 0.108. The van der Waals surface area contributed by atoms with Crippen LogP contribution in [0.2, 0.25) is 0 Å². The zero-order valence-corrected chi connectivity index (χ0v) is 12.1. The second-order valence-corrected chi connectivity index (χ2v) is 6.04. The number of hydrogen-bond donors (Lipinski definition) is 2. The molecule has 0 aliphatic heterocycles. The summed E-state index contributed by atoms with van der Waals surface area (Å²) in [5, 5.41) is 13.1. The molecule has 1 aliphatic carbocycles. The van der Waals surface area contributed by atoms with Gasteiger partial charge in [-0.1, -0.05) is 18.2 Å². The summed E-state index contributed by atoms with van der Waals surface area (Å²) < 4.78 is 5.99. The molecule has 1 fully saturated rings. The number of aryl methyl sites for hydroxylation is 1. The van der Waals surface area contributed by atoms with Gasteiger partial charge < -0.3 is 15.2 Å². The molecule has 0 bridgehead atoms. The molecule has 0 amide bonds. The van der Waals surface area contributed by atoms with E-state index in [-0.39, 0.29) is 18.2 Å². The zero-order valence-electron chi connectivity index (χ0n) is 12.1. The number of aliphatic hydroxyl groups is 1. The van der Waals surface area contributed by atoms with Crippen LogP contribution in [0.25, 0.3) is 0 Å². The lowest BCUT2D eigenvalue weighted by atomic mass is 9.95. The molecule has 2 atom stereocenters. The molecule has 1 aliphatic rings. The highest BCUT2D eigenvalue weighted by atomic mass is 16.5. The average molecular weight is 263 g/mol. The molecule has 2 unspecified atom stereocenters. The van der Waals surface area contributed by atoms with Gasteiger partial charge in [0.25, 0.3) is 0 Å². The molecular formula is C16H25NO2. The van der Waals surface area contributed by atoms with E-state index in [9.17, 15) is 5.11 Å². The Morgan fingerprint density at radius 1 is 1.42 bits per heavy atom. The van der Waals surface area contributed by atoms with Crippen LogP contribution < -0.4 is 10.1 Å². The first kappa shape index (κ1) is 14.4. The van der Waals surface area contributed by atoms with Crippen molar-refractivity contribution >= 4 is 0 Å². The Labute approximate surface area is 116 Å². The Hall–Kier alpha value is -1.06. The van der Waals surface area contributed by atoms with Crippen molar-refractivity contribution in [2.45, 2.75) is 57.7 Å². The minimum absolute atomic E-state index is 0.0736. The van der Waals surface area contributed by atoms with Crippen molar-refractivity contribution in [1.82, 2.24) is 5.32 Å². The van der Waals surface area contributed by atoms with Crippen LogP contribution in [0.3, 0.4) is 0 Å². The Balaban J connectivity index is 1.92. The van der Waals surface area contributed by atoms with Gasteiger partial charge >= 0.3 is 0 Å². The largest absolute Gasteiger partial charge is 0.490 e. The van der Waals surface area contributed by atoms with Gasteiger partial charge in [0.05, 0.1) is 12.7 Å². The van der Waals surface area contributed by atoms with E-state index in [1.807, 2.05) is 18.2 Å². The Kier molecular flexibility index (Phi) is 4.48. The van der Waals surface area contributed by atoms with Gasteiger partial charge in [0.2, 0.25) is 0 Å². The van der Waals surface area contributed by atoms with Crippen LogP contribution in [-0.4, -0.2) is 29.4 Å². The highest BCUT2D eigenvalue weighted by Crippen LogP contribution is 2.26. The summed E-state index contributed by atoms with van der Waals surface area (Å²) in [7, 11) is 0. The zero-order chi connectivity index (χ0) is 13.9. The molecule has 0 heterocycles. The first-order valence-corrected chi connectivity index (χ1v) is 7.13. The fourth-order valence-corrected chi connectivity index (χ4v) is 2.47. The van der Waals surface area contributed by atoms with E-state index >= 15 is 0 Å². The van der Waals surface area contributed by atoms with Crippen molar-refractivity contribution in [2.75, 3.05) is 6.61 Å². The molecule has 3 heteroatoms. The Morgan fingerprint density at radius 2 is 2.11 bits per heavy atom. The smallest absolute Gasteiger partial charge is 0.122 e. The van der Waals surface area contributed by atoms with Crippen molar-refractivity contribution in [2.24, 2.45) is 0 Å². The Morgan fingerprint density at radius 3 is 2.68 bits per heavy atom. The van der Waals surface area contributed by atoms with Crippen LogP contribution in [0.5, 0.6) is 5.75 Å². The summed E-state index contributed by atoms with van der Waals surface area (Å²) in [6.07, 6.45) is 3.32. The number of hydrogen-bond acceptors (Lipinski definition) is 3. The second-order valence-electron chi connectivity index (χ2n) is 6.04. The lowest BCUT2D eigenvalue weighted by Gasteiger charge is -2.32. The van der Waals surface area contributed by atoms with E-state index < -0.39 is 0 Å². The fourth-order valence-electron chi connectivity index (χ4n) is 2.47. The van der Waals surface area contributed by atoms with Crippen molar-refractivity contribution in [3.8, 4) is 5.75 Å². The van der Waals surface area contributed by atoms with Gasteiger partial charge in [0.1, 0.15) is 5.75 Å². The van der Waals surface area contributed by atoms with E-state index in [0.29, 0.717) is 6.04 Å². The number of ether oxygens (including phenoxy) is 1. The van der Waals surface area contributed by atoms with E-state index in [1.165, 1.54) is 12.8 Å². The number of para-hydroxylation sites is 1. The van der Waals surface area contributed by atoms with Crippen LogP contribution in [-0.2, 0) is 0 Å². The summed E-state index contributed by atoms with van der Waals surface area (Å²) in [6.45, 7) is 6.33. The predicted molar refractivity (Wildman–Crippen MR) is 77.5 cm³/mol. The monoisotopic (exact) mass is 263 g/mol. The van der Waals surface area contributed by atoms with Crippen molar-refractivity contribution < 1.29 is 9.84 Å². The molecule has 19 heavy (non-hydrogen) atoms. The molecule has 0 saturated heterocycles. The first-order valence-electron chi connectivity index (χ1n) is 7.13. The molecule has 1 saturated carbocycles. The molecule has 1 aromatic rings. The molecule has 3 nitrogen and oxygen atoms in total. The summed E-state index contributed by atoms with van der Waals surface area (Å²) in [5.74, 6) is 0.932. The third-order valence-electron chi connectivity index (χ3n) is 3.64. The van der Waals surface area contributed by atoms with Gasteiger partial charge in [-0.05, 0) is 45.2 Å². The molecule has 1 aromatic carbocycles. The predicted octanol–water partition coefficient (Wildman–Crippen LogP) is 2.66. The van der Waals surface area contributed by atoms with Crippen molar-refractivity contribution in [3.63, 3.8) is 0 Å². The van der Waals surface area contributed by atoms with E-state index in [4.69, 9.17) is 4.74 Å². The summed E-state index contributed by atoms with van der Waals surface area (Å²) in [5.41, 5.74) is 0.902. The Bertz CT molecular complexity index is 417. The summed E-state index contributed by atoms with van der Waals surface area (Å²) in [4.78, 5) is 0. The molecule has 2 rings (SSSR count). The maximum Gasteiger partial charge on any atom is 0.122 e. The minimum atomic E-state index is -0.247. The minimum Gasteiger partial charge on any atom is -0.490 e. The van der Waals surface area contributed by atoms with Crippen LogP contribution in [0.15, 0.2) is 24.3 Å². The molecule has 0 spiro atoms. The maximum absolute atomic E-state index is 9.61. The highest BCUT2D eigenvalue weighted by molar-refractivity contribution is 5.31. The van der Waals surface area contributed by atoms with Crippen LogP contribution in [0.1, 0.15) is 38.7 Å². The standard InChI is InChI=1S/C16H25NO2/c1-12-6-4-5-7-15(12)19-13(2)10-16(3,11-18)17-14-8-9-14/h4-7,13-14,17-18H,8-11H2,1-3H3. The van der Waals surface area contributed by atoms with Crippen LogP contribution in [0.4, 0.5) is 0 Å². The topological polar surface area (TPSA) is 41.5 Å². The summed E-state index contributed by atoms with van der Waals surface area (Å²) in [6, 6.07) is 8.64. The lowest BCUT2D eigenvalue weighted by Crippen LogP contribution is -2.49. The molecule has 0 radical (unpaired) electrons. The van der Waals surface area contributed by atoms with E-state index in [1.54, 1.807) is 0 Å². The van der Waals surface area contributed by atoms with Gasteiger partial charge in [-0.3, -0.25) is 0 Å². The number of nitrogens with one attached hydrogen (secondary N) is 1. The number of benzene rings is 1. The quantitative estimate of drug-likeness (QED) is 0.794. The molecule has 106 valence electrons. The van der Waals surface area contributed by atoms with Gasteiger partial charge in [-0.25, -0.2) is 0 Å². The molecular weight excluding hydrogens is 238 g/mol. The third-order valence-corrected chi connectivity index (χ3v) is 3.64. The molecule has 0 aromatic heterocycles. The third kappa shape index (κ3) is 4.22. The van der Waals surface area contributed by atoms with Gasteiger partial charge in [-0.15, -0.1) is 0 Å². The van der Waals surface area contributed by atoms with Gasteiger partial charge in [0.15, 0.2) is 0 Å². The van der Waals surface area contributed by atoms with Crippen LogP contribution >= 0.6 is 0 Å². The number of aliphatic hydroxyl groups excluding tert-OH is 1.